The number of hydrogen-bond donors (Lipinski definition) is 0. The third kappa shape index (κ3) is 1.91. The van der Waals surface area contributed by atoms with Gasteiger partial charge in [-0.1, -0.05) is 19.1 Å². The monoisotopic (exact) mass is 232 g/mol. The molecule has 1 aromatic carbocycles. The minimum atomic E-state index is -1.33. The molecular formula is C12H10NO4-. The minimum absolute atomic E-state index is 0.0531. The van der Waals surface area contributed by atoms with Gasteiger partial charge in [0.15, 0.2) is 0 Å². The molecule has 1 atom stereocenters. The zero-order valence-electron chi connectivity index (χ0n) is 9.17. The highest BCUT2D eigenvalue weighted by Gasteiger charge is 2.36. The van der Waals surface area contributed by atoms with E-state index in [0.717, 1.165) is 4.90 Å². The number of benzene rings is 1. The van der Waals surface area contributed by atoms with E-state index in [-0.39, 0.29) is 35.4 Å². The Labute approximate surface area is 97.7 Å². The van der Waals surface area contributed by atoms with Crippen molar-refractivity contribution in [3.05, 3.63) is 29.8 Å². The van der Waals surface area contributed by atoms with E-state index in [9.17, 15) is 19.5 Å². The second kappa shape index (κ2) is 4.01. The lowest BCUT2D eigenvalue weighted by atomic mass is 10.1. The van der Waals surface area contributed by atoms with Gasteiger partial charge < -0.3 is 9.90 Å². The second-order valence-electron chi connectivity index (χ2n) is 4.01. The maximum Gasteiger partial charge on any atom is 0.237 e. The highest BCUT2D eigenvalue weighted by Crippen LogP contribution is 2.26. The first kappa shape index (κ1) is 11.3. The summed E-state index contributed by atoms with van der Waals surface area (Å²) >= 11 is 0. The van der Waals surface area contributed by atoms with Crippen LogP contribution in [0.15, 0.2) is 24.3 Å². The summed E-state index contributed by atoms with van der Waals surface area (Å²) in [5.41, 5.74) is 0.230. The number of hydrogen-bond acceptors (Lipinski definition) is 4. The van der Waals surface area contributed by atoms with Gasteiger partial charge in [-0.2, -0.15) is 0 Å². The number of anilines is 1. The number of imide groups is 1. The van der Waals surface area contributed by atoms with Crippen molar-refractivity contribution >= 4 is 23.5 Å². The van der Waals surface area contributed by atoms with Crippen LogP contribution in [-0.4, -0.2) is 17.8 Å². The molecule has 0 N–H and O–H groups in total. The largest absolute Gasteiger partial charge is 0.545 e. The maximum atomic E-state index is 11.7. The fourth-order valence-corrected chi connectivity index (χ4v) is 1.83. The molecule has 0 spiro atoms. The number of carbonyl (C=O) groups is 3. The van der Waals surface area contributed by atoms with E-state index in [0.29, 0.717) is 0 Å². The summed E-state index contributed by atoms with van der Waals surface area (Å²) in [7, 11) is 0. The van der Waals surface area contributed by atoms with Crippen molar-refractivity contribution in [2.75, 3.05) is 4.90 Å². The normalized spacial score (nSPS) is 19.8. The Kier molecular flexibility index (Phi) is 2.67. The van der Waals surface area contributed by atoms with Gasteiger partial charge in [0.2, 0.25) is 11.8 Å². The number of amides is 2. The van der Waals surface area contributed by atoms with Gasteiger partial charge in [-0.05, 0) is 17.7 Å². The number of carboxylic acids is 1. The van der Waals surface area contributed by atoms with Crippen molar-refractivity contribution in [1.29, 1.82) is 0 Å². The van der Waals surface area contributed by atoms with Crippen molar-refractivity contribution in [2.45, 2.75) is 13.3 Å². The number of nitrogens with zero attached hydrogens (tertiary/aromatic N) is 1. The van der Waals surface area contributed by atoms with Crippen LogP contribution in [0.5, 0.6) is 0 Å². The summed E-state index contributed by atoms with van der Waals surface area (Å²) in [4.78, 5) is 35.1. The molecule has 17 heavy (non-hydrogen) atoms. The van der Waals surface area contributed by atoms with Crippen LogP contribution >= 0.6 is 0 Å². The SMILES string of the molecule is C[C@H]1CC(=O)N(c2cccc(C(=O)[O-])c2)C1=O. The van der Waals surface area contributed by atoms with Gasteiger partial charge in [-0.15, -0.1) is 0 Å². The first-order valence-corrected chi connectivity index (χ1v) is 5.19. The van der Waals surface area contributed by atoms with E-state index < -0.39 is 5.97 Å². The number of aromatic carboxylic acids is 1. The molecule has 0 aliphatic carbocycles. The van der Waals surface area contributed by atoms with Crippen LogP contribution in [0.1, 0.15) is 23.7 Å². The lowest BCUT2D eigenvalue weighted by Crippen LogP contribution is -2.30. The van der Waals surface area contributed by atoms with Crippen LogP contribution in [0, 0.1) is 5.92 Å². The van der Waals surface area contributed by atoms with Gasteiger partial charge >= 0.3 is 0 Å². The van der Waals surface area contributed by atoms with Gasteiger partial charge in [0.1, 0.15) is 0 Å². The fraction of sp³-hybridized carbons (Fsp3) is 0.250. The third-order valence-corrected chi connectivity index (χ3v) is 2.71. The predicted octanol–water partition coefficient (Wildman–Crippen LogP) is -0.0505. The summed E-state index contributed by atoms with van der Waals surface area (Å²) in [5, 5.41) is 10.7. The van der Waals surface area contributed by atoms with Gasteiger partial charge in [-0.3, -0.25) is 14.5 Å². The zero-order valence-corrected chi connectivity index (χ0v) is 9.17. The van der Waals surface area contributed by atoms with Gasteiger partial charge in [0.05, 0.1) is 11.7 Å². The molecule has 1 aliphatic heterocycles. The molecule has 0 unspecified atom stereocenters. The van der Waals surface area contributed by atoms with E-state index in [1.54, 1.807) is 6.92 Å². The van der Waals surface area contributed by atoms with E-state index in [1.165, 1.54) is 24.3 Å². The molecule has 5 heteroatoms. The Bertz CT molecular complexity index is 509. The maximum absolute atomic E-state index is 11.7. The third-order valence-electron chi connectivity index (χ3n) is 2.71. The Morgan fingerprint density at radius 1 is 1.41 bits per heavy atom. The van der Waals surface area contributed by atoms with Gasteiger partial charge in [0.25, 0.3) is 0 Å². The molecule has 5 nitrogen and oxygen atoms in total. The van der Waals surface area contributed by atoms with Gasteiger partial charge in [-0.25, -0.2) is 0 Å². The van der Waals surface area contributed by atoms with Crippen molar-refractivity contribution < 1.29 is 19.5 Å². The molecular weight excluding hydrogens is 222 g/mol. The van der Waals surface area contributed by atoms with Crippen LogP contribution in [0.4, 0.5) is 5.69 Å². The van der Waals surface area contributed by atoms with E-state index in [4.69, 9.17) is 0 Å². The standard InChI is InChI=1S/C12H11NO4/c1-7-5-10(14)13(11(7)15)9-4-2-3-8(6-9)12(16)17/h2-4,6-7H,5H2,1H3,(H,16,17)/p-1/t7-/m0/s1. The lowest BCUT2D eigenvalue weighted by Gasteiger charge is -2.15. The summed E-state index contributed by atoms with van der Waals surface area (Å²) in [6.45, 7) is 1.67. The zero-order chi connectivity index (χ0) is 12.6. The number of rotatable bonds is 2. The minimum Gasteiger partial charge on any atom is -0.545 e. The Hall–Kier alpha value is -2.17. The molecule has 0 bridgehead atoms. The quantitative estimate of drug-likeness (QED) is 0.670. The van der Waals surface area contributed by atoms with E-state index in [1.807, 2.05) is 0 Å². The molecule has 1 aliphatic rings. The molecule has 88 valence electrons. The highest BCUT2D eigenvalue weighted by atomic mass is 16.4. The number of carboxylic acid groups (broad SMARTS) is 1. The average molecular weight is 232 g/mol. The van der Waals surface area contributed by atoms with Crippen molar-refractivity contribution in [3.63, 3.8) is 0 Å². The lowest BCUT2D eigenvalue weighted by molar-refractivity contribution is -0.255. The molecule has 0 aromatic heterocycles. The molecule has 0 radical (unpaired) electrons. The van der Waals surface area contributed by atoms with E-state index in [2.05, 4.69) is 0 Å². The molecule has 0 saturated carbocycles. The van der Waals surface area contributed by atoms with Crippen molar-refractivity contribution in [2.24, 2.45) is 5.92 Å². The molecule has 1 heterocycles. The smallest absolute Gasteiger partial charge is 0.237 e. The van der Waals surface area contributed by atoms with Gasteiger partial charge in [0, 0.05) is 12.3 Å². The van der Waals surface area contributed by atoms with Crippen LogP contribution in [0.25, 0.3) is 0 Å². The first-order valence-electron chi connectivity index (χ1n) is 5.19. The fourth-order valence-electron chi connectivity index (χ4n) is 1.83. The van der Waals surface area contributed by atoms with Crippen LogP contribution in [-0.2, 0) is 9.59 Å². The molecule has 1 fully saturated rings. The Morgan fingerprint density at radius 2 is 2.12 bits per heavy atom. The molecule has 1 aromatic rings. The summed E-state index contributed by atoms with van der Waals surface area (Å²) in [6, 6.07) is 5.63. The first-order chi connectivity index (χ1) is 8.00. The topological polar surface area (TPSA) is 77.5 Å². The average Bonchev–Trinajstić information content (AvgIpc) is 2.53. The van der Waals surface area contributed by atoms with Crippen molar-refractivity contribution in [3.8, 4) is 0 Å². The molecule has 2 rings (SSSR count). The second-order valence-corrected chi connectivity index (χ2v) is 4.01. The van der Waals surface area contributed by atoms with Crippen LogP contribution < -0.4 is 10.0 Å². The highest BCUT2D eigenvalue weighted by molar-refractivity contribution is 6.21. The Balaban J connectivity index is 2.40. The molecule has 2 amide bonds. The van der Waals surface area contributed by atoms with Crippen LogP contribution in [0.3, 0.4) is 0 Å². The predicted molar refractivity (Wildman–Crippen MR) is 57.0 cm³/mol. The summed E-state index contributed by atoms with van der Waals surface area (Å²) < 4.78 is 0. The molecule has 1 saturated heterocycles. The Morgan fingerprint density at radius 3 is 2.65 bits per heavy atom. The van der Waals surface area contributed by atoms with Crippen LogP contribution in [0.2, 0.25) is 0 Å². The summed E-state index contributed by atoms with van der Waals surface area (Å²) in [5.74, 6) is -2.29. The van der Waals surface area contributed by atoms with Crippen molar-refractivity contribution in [1.82, 2.24) is 0 Å². The van der Waals surface area contributed by atoms with E-state index >= 15 is 0 Å². The summed E-state index contributed by atoms with van der Waals surface area (Å²) in [6.07, 6.45) is 0.161. The number of carbonyl (C=O) groups excluding carboxylic acids is 3.